The van der Waals surface area contributed by atoms with E-state index in [0.29, 0.717) is 10.7 Å². The zero-order valence-electron chi connectivity index (χ0n) is 9.83. The first-order valence-corrected chi connectivity index (χ1v) is 5.51. The maximum Gasteiger partial charge on any atom is 0.368 e. The summed E-state index contributed by atoms with van der Waals surface area (Å²) < 4.78 is 4.86. The molecule has 7 heteroatoms. The Hall–Kier alpha value is -2.41. The third-order valence-electron chi connectivity index (χ3n) is 2.43. The van der Waals surface area contributed by atoms with Crippen molar-refractivity contribution >= 4 is 17.8 Å². The molecule has 0 bridgehead atoms. The summed E-state index contributed by atoms with van der Waals surface area (Å²) in [7, 11) is 0. The Morgan fingerprint density at radius 3 is 2.68 bits per heavy atom. The molecule has 0 aliphatic carbocycles. The van der Waals surface area contributed by atoms with Gasteiger partial charge < -0.3 is 9.84 Å². The molecule has 1 aromatic carbocycles. The molecule has 7 nitrogen and oxygen atoms in total. The predicted octanol–water partition coefficient (Wildman–Crippen LogP) is -0.832. The van der Waals surface area contributed by atoms with Crippen LogP contribution in [0.1, 0.15) is 16.8 Å². The number of aliphatic hydroxyl groups excluding tert-OH is 1. The number of amides is 2. The molecule has 0 saturated carbocycles. The monoisotopic (exact) mass is 262 g/mol. The molecule has 0 fully saturated rings. The molecule has 0 spiro atoms. The molecular weight excluding hydrogens is 252 g/mol. The standard InChI is InChI=1S/C12H10N2O5/c15-6-8(16)3-4-19-11(17)7-1-2-9-10(5-7)14-12(18)13-9/h1-2,5,15H,3-4,6H2. The number of aliphatic hydroxyl groups is 1. The number of hydrogen-bond donors (Lipinski definition) is 1. The highest BCUT2D eigenvalue weighted by Gasteiger charge is 2.11. The second-order valence-corrected chi connectivity index (χ2v) is 3.79. The Balaban J connectivity index is 2.04. The van der Waals surface area contributed by atoms with Gasteiger partial charge in [0.2, 0.25) is 0 Å². The first-order valence-electron chi connectivity index (χ1n) is 5.51. The van der Waals surface area contributed by atoms with Crippen molar-refractivity contribution in [1.82, 2.24) is 0 Å². The van der Waals surface area contributed by atoms with Crippen LogP contribution in [-0.2, 0) is 9.53 Å². The molecule has 1 N–H and O–H groups in total. The van der Waals surface area contributed by atoms with Gasteiger partial charge in [-0.15, -0.1) is 0 Å². The molecule has 1 aliphatic rings. The van der Waals surface area contributed by atoms with Crippen molar-refractivity contribution in [2.45, 2.75) is 6.42 Å². The molecular formula is C12H10N2O5. The van der Waals surface area contributed by atoms with E-state index < -0.39 is 24.4 Å². The predicted molar refractivity (Wildman–Crippen MR) is 61.1 cm³/mol. The molecule has 0 radical (unpaired) electrons. The highest BCUT2D eigenvalue weighted by molar-refractivity contribution is 5.90. The van der Waals surface area contributed by atoms with Crippen LogP contribution in [-0.4, -0.2) is 36.1 Å². The van der Waals surface area contributed by atoms with E-state index in [1.165, 1.54) is 18.2 Å². The van der Waals surface area contributed by atoms with E-state index >= 15 is 0 Å². The summed E-state index contributed by atoms with van der Waals surface area (Å²) in [5.74, 6) is -1.02. The number of carbonyl (C=O) groups is 3. The van der Waals surface area contributed by atoms with E-state index in [1.807, 2.05) is 0 Å². The van der Waals surface area contributed by atoms with Gasteiger partial charge in [0.1, 0.15) is 6.61 Å². The topological polar surface area (TPSA) is 105 Å². The van der Waals surface area contributed by atoms with Crippen LogP contribution in [0.25, 0.3) is 0 Å². The summed E-state index contributed by atoms with van der Waals surface area (Å²) in [6, 6.07) is 3.76. The Labute approximate surface area is 107 Å². The van der Waals surface area contributed by atoms with Crippen LogP contribution in [0, 0.1) is 0 Å². The van der Waals surface area contributed by atoms with Crippen molar-refractivity contribution in [3.63, 3.8) is 0 Å². The molecule has 1 aromatic rings. The lowest BCUT2D eigenvalue weighted by molar-refractivity contribution is -0.122. The van der Waals surface area contributed by atoms with Crippen molar-refractivity contribution < 1.29 is 24.2 Å². The number of benzene rings is 1. The van der Waals surface area contributed by atoms with Gasteiger partial charge >= 0.3 is 12.0 Å². The van der Waals surface area contributed by atoms with Crippen LogP contribution in [0.5, 0.6) is 0 Å². The van der Waals surface area contributed by atoms with Crippen LogP contribution in [0.15, 0.2) is 28.2 Å². The molecule has 98 valence electrons. The van der Waals surface area contributed by atoms with Gasteiger partial charge in [0.05, 0.1) is 22.9 Å². The molecule has 2 rings (SSSR count). The van der Waals surface area contributed by atoms with E-state index in [-0.39, 0.29) is 18.6 Å². The van der Waals surface area contributed by atoms with Gasteiger partial charge in [0, 0.05) is 6.42 Å². The number of ether oxygens (including phenoxy) is 1. The third kappa shape index (κ3) is 3.08. The summed E-state index contributed by atoms with van der Waals surface area (Å²) in [6.07, 6.45) is -0.0363. The van der Waals surface area contributed by atoms with Gasteiger partial charge in [0.15, 0.2) is 5.78 Å². The van der Waals surface area contributed by atoms with Crippen LogP contribution in [0.2, 0.25) is 0 Å². The highest BCUT2D eigenvalue weighted by Crippen LogP contribution is 1.99. The average Bonchev–Trinajstić information content (AvgIpc) is 2.77. The number of Topliss-reactive ketones (excluding diaryl/α,β-unsaturated/α-hetero) is 1. The second-order valence-electron chi connectivity index (χ2n) is 3.79. The molecule has 19 heavy (non-hydrogen) atoms. The number of nitrogens with zero attached hydrogens (tertiary/aromatic N) is 2. The quantitative estimate of drug-likeness (QED) is 0.697. The van der Waals surface area contributed by atoms with Gasteiger partial charge in [-0.2, -0.15) is 9.98 Å². The van der Waals surface area contributed by atoms with Gasteiger partial charge in [-0.1, -0.05) is 0 Å². The summed E-state index contributed by atoms with van der Waals surface area (Å²) in [5.41, 5.74) is 0.226. The number of fused-ring (bicyclic) bond motifs is 1. The molecule has 0 saturated heterocycles. The third-order valence-corrected chi connectivity index (χ3v) is 2.43. The molecule has 1 heterocycles. The minimum atomic E-state index is -0.622. The van der Waals surface area contributed by atoms with E-state index in [4.69, 9.17) is 9.84 Å². The maximum absolute atomic E-state index is 11.6. The minimum absolute atomic E-state index is 0.0363. The molecule has 0 atom stereocenters. The van der Waals surface area contributed by atoms with Gasteiger partial charge in [-0.05, 0) is 18.2 Å². The van der Waals surface area contributed by atoms with E-state index in [9.17, 15) is 14.4 Å². The number of carbonyl (C=O) groups excluding carboxylic acids is 3. The van der Waals surface area contributed by atoms with Crippen molar-refractivity contribution in [1.29, 1.82) is 0 Å². The molecule has 2 amide bonds. The zero-order chi connectivity index (χ0) is 13.8. The number of urea groups is 1. The fraction of sp³-hybridized carbons (Fsp3) is 0.250. The fourth-order valence-corrected chi connectivity index (χ4v) is 1.49. The van der Waals surface area contributed by atoms with Gasteiger partial charge in [-0.25, -0.2) is 9.59 Å². The SMILES string of the molecule is O=C(CO)CCOC(=O)c1ccc2c(c1)=NC(=O)N=2. The maximum atomic E-state index is 11.6. The Morgan fingerprint density at radius 2 is 1.95 bits per heavy atom. The Morgan fingerprint density at radius 1 is 1.21 bits per heavy atom. The van der Waals surface area contributed by atoms with E-state index in [0.717, 1.165) is 0 Å². The Kier molecular flexibility index (Phi) is 3.76. The first-order chi connectivity index (χ1) is 9.10. The smallest absolute Gasteiger partial charge is 0.368 e. The summed E-state index contributed by atoms with van der Waals surface area (Å²) in [4.78, 5) is 40.6. The lowest BCUT2D eigenvalue weighted by atomic mass is 10.2. The normalized spacial score (nSPS) is 12.4. The number of rotatable bonds is 5. The molecule has 1 aliphatic heterocycles. The van der Waals surface area contributed by atoms with Crippen molar-refractivity contribution in [3.8, 4) is 0 Å². The van der Waals surface area contributed by atoms with Crippen LogP contribution in [0.4, 0.5) is 4.79 Å². The molecule has 0 aromatic heterocycles. The average molecular weight is 262 g/mol. The van der Waals surface area contributed by atoms with E-state index in [1.54, 1.807) is 0 Å². The number of esters is 1. The summed E-state index contributed by atoms with van der Waals surface area (Å²) in [5, 5.41) is 9.24. The minimum Gasteiger partial charge on any atom is -0.462 e. The first kappa shape index (κ1) is 13.0. The lowest BCUT2D eigenvalue weighted by Gasteiger charge is -2.03. The fourth-order valence-electron chi connectivity index (χ4n) is 1.49. The number of hydrogen-bond acceptors (Lipinski definition) is 5. The Bertz CT molecular complexity index is 665. The van der Waals surface area contributed by atoms with Gasteiger partial charge in [0.25, 0.3) is 0 Å². The largest absolute Gasteiger partial charge is 0.462 e. The van der Waals surface area contributed by atoms with Crippen LogP contribution >= 0.6 is 0 Å². The van der Waals surface area contributed by atoms with Crippen molar-refractivity contribution in [2.75, 3.05) is 13.2 Å². The summed E-state index contributed by atoms with van der Waals surface area (Å²) >= 11 is 0. The van der Waals surface area contributed by atoms with Gasteiger partial charge in [-0.3, -0.25) is 4.79 Å². The number of ketones is 1. The highest BCUT2D eigenvalue weighted by atomic mass is 16.5. The van der Waals surface area contributed by atoms with Crippen LogP contribution < -0.4 is 10.7 Å². The second kappa shape index (κ2) is 5.49. The lowest BCUT2D eigenvalue weighted by Crippen LogP contribution is -2.23. The molecule has 0 unspecified atom stereocenters. The zero-order valence-corrected chi connectivity index (χ0v) is 9.83. The van der Waals surface area contributed by atoms with E-state index in [2.05, 4.69) is 9.98 Å². The van der Waals surface area contributed by atoms with Crippen molar-refractivity contribution in [2.24, 2.45) is 9.98 Å². The van der Waals surface area contributed by atoms with Crippen molar-refractivity contribution in [3.05, 3.63) is 34.5 Å². The summed E-state index contributed by atoms with van der Waals surface area (Å²) in [6.45, 7) is -0.672. The van der Waals surface area contributed by atoms with Crippen LogP contribution in [0.3, 0.4) is 0 Å².